The Morgan fingerprint density at radius 3 is 3.00 bits per heavy atom. The molecule has 0 aliphatic carbocycles. The normalized spacial score (nSPS) is 28.4. The number of nitrogens with zero attached hydrogens (tertiary/aromatic N) is 3. The van der Waals surface area contributed by atoms with Crippen LogP contribution in [0.2, 0.25) is 0 Å². The van der Waals surface area contributed by atoms with Crippen LogP contribution in [0.1, 0.15) is 57.2 Å². The summed E-state index contributed by atoms with van der Waals surface area (Å²) in [5, 5.41) is 7.61. The Balaban J connectivity index is 1.62. The number of likely N-dealkylation sites (tertiary alicyclic amines) is 1. The second-order valence-electron chi connectivity index (χ2n) is 6.42. The Labute approximate surface area is 121 Å². The highest BCUT2D eigenvalue weighted by atomic mass is 16.5. The van der Waals surface area contributed by atoms with Crippen LogP contribution in [-0.4, -0.2) is 46.8 Å². The molecule has 20 heavy (non-hydrogen) atoms. The molecule has 2 saturated heterocycles. The molecule has 2 fully saturated rings. The first-order valence-corrected chi connectivity index (χ1v) is 8.03. The van der Waals surface area contributed by atoms with Gasteiger partial charge in [0.25, 0.3) is 0 Å². The number of piperidine rings is 1. The molecule has 3 rings (SSSR count). The molecule has 1 N–H and O–H groups in total. The molecule has 3 heterocycles. The van der Waals surface area contributed by atoms with Gasteiger partial charge < -0.3 is 9.84 Å². The molecule has 5 nitrogen and oxygen atoms in total. The first-order valence-electron chi connectivity index (χ1n) is 8.03. The number of rotatable bonds is 4. The number of hydrogen-bond donors (Lipinski definition) is 1. The van der Waals surface area contributed by atoms with Gasteiger partial charge in [0, 0.05) is 25.0 Å². The lowest BCUT2D eigenvalue weighted by atomic mass is 10.00. The van der Waals surface area contributed by atoms with Crippen molar-refractivity contribution in [3.8, 4) is 0 Å². The molecule has 112 valence electrons. The number of aromatic nitrogens is 2. The zero-order valence-corrected chi connectivity index (χ0v) is 12.6. The van der Waals surface area contributed by atoms with E-state index >= 15 is 0 Å². The van der Waals surface area contributed by atoms with Gasteiger partial charge in [-0.1, -0.05) is 5.16 Å². The zero-order valence-electron chi connectivity index (χ0n) is 12.6. The lowest BCUT2D eigenvalue weighted by molar-refractivity contribution is 0.200. The standard InChI is InChI=1S/C15H26N4O/c1-11(2)19-8-4-6-13(19)9-14-17-15(20-18-14)12-5-3-7-16-10-12/h11-13,16H,3-10H2,1-2H3. The number of hydrogen-bond acceptors (Lipinski definition) is 5. The monoisotopic (exact) mass is 278 g/mol. The molecular formula is C15H26N4O. The third-order valence-corrected chi connectivity index (χ3v) is 4.63. The molecule has 5 heteroatoms. The van der Waals surface area contributed by atoms with Crippen LogP contribution in [0, 0.1) is 0 Å². The van der Waals surface area contributed by atoms with E-state index in [2.05, 4.69) is 34.2 Å². The summed E-state index contributed by atoms with van der Waals surface area (Å²) in [6.45, 7) is 7.84. The number of nitrogens with one attached hydrogen (secondary N) is 1. The maximum Gasteiger partial charge on any atom is 0.231 e. The van der Waals surface area contributed by atoms with Crippen LogP contribution in [0.25, 0.3) is 0 Å². The van der Waals surface area contributed by atoms with E-state index in [0.717, 1.165) is 37.6 Å². The first-order chi connectivity index (χ1) is 9.74. The smallest absolute Gasteiger partial charge is 0.231 e. The van der Waals surface area contributed by atoms with Crippen molar-refractivity contribution in [3.63, 3.8) is 0 Å². The van der Waals surface area contributed by atoms with Gasteiger partial charge in [-0.25, -0.2) is 0 Å². The summed E-state index contributed by atoms with van der Waals surface area (Å²) >= 11 is 0. The van der Waals surface area contributed by atoms with Crippen LogP contribution in [0.5, 0.6) is 0 Å². The molecule has 2 unspecified atom stereocenters. The average Bonchev–Trinajstić information content (AvgIpc) is 3.09. The fourth-order valence-electron chi connectivity index (χ4n) is 3.55. The van der Waals surface area contributed by atoms with Gasteiger partial charge in [-0.15, -0.1) is 0 Å². The van der Waals surface area contributed by atoms with Crippen molar-refractivity contribution in [2.24, 2.45) is 0 Å². The van der Waals surface area contributed by atoms with E-state index in [1.165, 1.54) is 25.8 Å². The van der Waals surface area contributed by atoms with Gasteiger partial charge in [-0.05, 0) is 52.6 Å². The minimum atomic E-state index is 0.412. The highest BCUT2D eigenvalue weighted by Crippen LogP contribution is 2.25. The summed E-state index contributed by atoms with van der Waals surface area (Å²) in [4.78, 5) is 7.21. The van der Waals surface area contributed by atoms with E-state index in [4.69, 9.17) is 4.52 Å². The van der Waals surface area contributed by atoms with Crippen molar-refractivity contribution in [2.45, 2.75) is 64.0 Å². The molecule has 0 amide bonds. The predicted molar refractivity (Wildman–Crippen MR) is 77.7 cm³/mol. The molecule has 2 aliphatic heterocycles. The first kappa shape index (κ1) is 14.0. The molecule has 2 atom stereocenters. The maximum absolute atomic E-state index is 5.49. The second kappa shape index (κ2) is 6.22. The fourth-order valence-corrected chi connectivity index (χ4v) is 3.55. The lowest BCUT2D eigenvalue weighted by Crippen LogP contribution is -2.36. The summed E-state index contributed by atoms with van der Waals surface area (Å²) < 4.78 is 5.49. The topological polar surface area (TPSA) is 54.2 Å². The van der Waals surface area contributed by atoms with E-state index in [-0.39, 0.29) is 0 Å². The van der Waals surface area contributed by atoms with Crippen LogP contribution in [0.4, 0.5) is 0 Å². The quantitative estimate of drug-likeness (QED) is 0.912. The van der Waals surface area contributed by atoms with E-state index in [1.54, 1.807) is 0 Å². The Morgan fingerprint density at radius 1 is 1.35 bits per heavy atom. The largest absolute Gasteiger partial charge is 0.339 e. The van der Waals surface area contributed by atoms with Gasteiger partial charge >= 0.3 is 0 Å². The second-order valence-corrected chi connectivity index (χ2v) is 6.42. The van der Waals surface area contributed by atoms with Gasteiger partial charge in [-0.3, -0.25) is 4.90 Å². The highest BCUT2D eigenvalue weighted by Gasteiger charge is 2.29. The van der Waals surface area contributed by atoms with Crippen molar-refractivity contribution in [3.05, 3.63) is 11.7 Å². The Morgan fingerprint density at radius 2 is 2.25 bits per heavy atom. The van der Waals surface area contributed by atoms with Crippen molar-refractivity contribution >= 4 is 0 Å². The van der Waals surface area contributed by atoms with Crippen molar-refractivity contribution < 1.29 is 4.52 Å². The Kier molecular flexibility index (Phi) is 4.36. The SMILES string of the molecule is CC(C)N1CCCC1Cc1noc(C2CCCNC2)n1. The lowest BCUT2D eigenvalue weighted by Gasteiger charge is -2.27. The van der Waals surface area contributed by atoms with E-state index in [9.17, 15) is 0 Å². The molecule has 1 aromatic rings. The summed E-state index contributed by atoms with van der Waals surface area (Å²) in [5.74, 6) is 2.14. The van der Waals surface area contributed by atoms with Gasteiger partial charge in [0.2, 0.25) is 5.89 Å². The molecule has 2 aliphatic rings. The molecule has 0 spiro atoms. The van der Waals surface area contributed by atoms with Gasteiger partial charge in [0.05, 0.1) is 5.92 Å². The van der Waals surface area contributed by atoms with E-state index < -0.39 is 0 Å². The Bertz CT molecular complexity index is 425. The predicted octanol–water partition coefficient (Wildman–Crippen LogP) is 1.95. The van der Waals surface area contributed by atoms with Crippen LogP contribution in [-0.2, 0) is 6.42 Å². The molecule has 1 aromatic heterocycles. The Hall–Kier alpha value is -0.940. The van der Waals surface area contributed by atoms with Crippen molar-refractivity contribution in [1.29, 1.82) is 0 Å². The minimum absolute atomic E-state index is 0.412. The summed E-state index contributed by atoms with van der Waals surface area (Å²) in [6.07, 6.45) is 5.84. The molecule has 0 bridgehead atoms. The maximum atomic E-state index is 5.49. The summed E-state index contributed by atoms with van der Waals surface area (Å²) in [5.41, 5.74) is 0. The fraction of sp³-hybridized carbons (Fsp3) is 0.867. The summed E-state index contributed by atoms with van der Waals surface area (Å²) in [7, 11) is 0. The van der Waals surface area contributed by atoms with Crippen LogP contribution >= 0.6 is 0 Å². The van der Waals surface area contributed by atoms with Gasteiger partial charge in [-0.2, -0.15) is 4.98 Å². The minimum Gasteiger partial charge on any atom is -0.339 e. The molecule has 0 radical (unpaired) electrons. The molecule has 0 saturated carbocycles. The van der Waals surface area contributed by atoms with Crippen molar-refractivity contribution in [1.82, 2.24) is 20.4 Å². The average molecular weight is 278 g/mol. The zero-order chi connectivity index (χ0) is 13.9. The summed E-state index contributed by atoms with van der Waals surface area (Å²) in [6, 6.07) is 1.20. The molecule has 0 aromatic carbocycles. The van der Waals surface area contributed by atoms with Crippen LogP contribution < -0.4 is 5.32 Å². The molecular weight excluding hydrogens is 252 g/mol. The van der Waals surface area contributed by atoms with Crippen LogP contribution in [0.15, 0.2) is 4.52 Å². The van der Waals surface area contributed by atoms with E-state index in [1.807, 2.05) is 0 Å². The van der Waals surface area contributed by atoms with Gasteiger partial charge in [0.1, 0.15) is 0 Å². The van der Waals surface area contributed by atoms with Gasteiger partial charge in [0.15, 0.2) is 5.82 Å². The van der Waals surface area contributed by atoms with Crippen LogP contribution in [0.3, 0.4) is 0 Å². The third kappa shape index (κ3) is 3.04. The third-order valence-electron chi connectivity index (χ3n) is 4.63. The highest BCUT2D eigenvalue weighted by molar-refractivity contribution is 4.99. The van der Waals surface area contributed by atoms with Crippen molar-refractivity contribution in [2.75, 3.05) is 19.6 Å². The van der Waals surface area contributed by atoms with E-state index in [0.29, 0.717) is 18.0 Å².